The van der Waals surface area contributed by atoms with Crippen molar-refractivity contribution >= 4 is 39.1 Å². The summed E-state index contributed by atoms with van der Waals surface area (Å²) in [5.74, 6) is 0.343. The minimum Gasteiger partial charge on any atom is -0.497 e. The normalized spacial score (nSPS) is 11.7. The van der Waals surface area contributed by atoms with Crippen molar-refractivity contribution in [3.05, 3.63) is 59.0 Å². The van der Waals surface area contributed by atoms with E-state index < -0.39 is 12.1 Å². The smallest absolute Gasteiger partial charge is 0.348 e. The van der Waals surface area contributed by atoms with E-state index in [1.807, 2.05) is 6.07 Å². The molecule has 0 saturated heterocycles. The third-order valence-electron chi connectivity index (χ3n) is 4.21. The second-order valence-corrected chi connectivity index (χ2v) is 7.29. The Morgan fingerprint density at radius 1 is 1.14 bits per heavy atom. The zero-order valence-corrected chi connectivity index (χ0v) is 16.9. The molecule has 8 heteroatoms. The summed E-state index contributed by atoms with van der Waals surface area (Å²) in [6.07, 6.45) is -0.835. The van der Waals surface area contributed by atoms with Gasteiger partial charge in [-0.15, -0.1) is 11.3 Å². The molecule has 1 unspecified atom stereocenters. The van der Waals surface area contributed by atoms with E-state index in [9.17, 15) is 14.7 Å². The average Bonchev–Trinajstić information content (AvgIpc) is 3.16. The van der Waals surface area contributed by atoms with Crippen LogP contribution >= 0.6 is 11.3 Å². The SMILES string of the molecule is CCOC(=O)c1cc2cc(NC(=O)NCC(O)c3ccc(OC)cc3)ccc2s1. The molecule has 0 fully saturated rings. The fourth-order valence-electron chi connectivity index (χ4n) is 2.73. The number of aliphatic hydroxyl groups excluding tert-OH is 1. The molecule has 152 valence electrons. The van der Waals surface area contributed by atoms with Crippen LogP contribution in [0, 0.1) is 0 Å². The van der Waals surface area contributed by atoms with E-state index >= 15 is 0 Å². The van der Waals surface area contributed by atoms with E-state index in [1.54, 1.807) is 56.5 Å². The van der Waals surface area contributed by atoms with E-state index in [0.29, 0.717) is 28.5 Å². The van der Waals surface area contributed by atoms with Gasteiger partial charge in [-0.05, 0) is 54.3 Å². The van der Waals surface area contributed by atoms with Crippen molar-refractivity contribution in [3.8, 4) is 5.75 Å². The predicted molar refractivity (Wildman–Crippen MR) is 113 cm³/mol. The molecule has 2 aromatic carbocycles. The molecule has 3 aromatic rings. The quantitative estimate of drug-likeness (QED) is 0.509. The molecule has 0 aliphatic rings. The second kappa shape index (κ2) is 9.40. The van der Waals surface area contributed by atoms with Crippen LogP contribution in [-0.2, 0) is 4.74 Å². The molecular weight excluding hydrogens is 392 g/mol. The van der Waals surface area contributed by atoms with Gasteiger partial charge in [0.25, 0.3) is 0 Å². The topological polar surface area (TPSA) is 96.9 Å². The zero-order valence-electron chi connectivity index (χ0n) is 16.1. The van der Waals surface area contributed by atoms with Gasteiger partial charge in [0.15, 0.2) is 0 Å². The molecule has 3 rings (SSSR count). The lowest BCUT2D eigenvalue weighted by molar-refractivity contribution is 0.0532. The fraction of sp³-hybridized carbons (Fsp3) is 0.238. The number of thiophene rings is 1. The zero-order chi connectivity index (χ0) is 20.8. The number of esters is 1. The van der Waals surface area contributed by atoms with Crippen LogP contribution in [0.4, 0.5) is 10.5 Å². The van der Waals surface area contributed by atoms with Gasteiger partial charge in [0.2, 0.25) is 0 Å². The summed E-state index contributed by atoms with van der Waals surface area (Å²) in [5.41, 5.74) is 1.26. The summed E-state index contributed by atoms with van der Waals surface area (Å²) in [6.45, 7) is 2.14. The van der Waals surface area contributed by atoms with Crippen LogP contribution in [0.2, 0.25) is 0 Å². The first-order valence-electron chi connectivity index (χ1n) is 9.07. The number of rotatable bonds is 7. The first-order chi connectivity index (χ1) is 14.0. The Morgan fingerprint density at radius 3 is 2.59 bits per heavy atom. The van der Waals surface area contributed by atoms with Gasteiger partial charge < -0.3 is 25.2 Å². The van der Waals surface area contributed by atoms with Crippen LogP contribution in [-0.4, -0.2) is 37.4 Å². The average molecular weight is 414 g/mol. The summed E-state index contributed by atoms with van der Waals surface area (Å²) >= 11 is 1.34. The molecule has 0 aliphatic carbocycles. The number of methoxy groups -OCH3 is 1. The van der Waals surface area contributed by atoms with Crippen LogP contribution in [0.1, 0.15) is 28.3 Å². The number of carbonyl (C=O) groups is 2. The molecular formula is C21H22N2O5S. The van der Waals surface area contributed by atoms with Gasteiger partial charge >= 0.3 is 12.0 Å². The van der Waals surface area contributed by atoms with Crippen molar-refractivity contribution in [3.63, 3.8) is 0 Å². The molecule has 0 aliphatic heterocycles. The van der Waals surface area contributed by atoms with Gasteiger partial charge in [0.05, 0.1) is 19.8 Å². The summed E-state index contributed by atoms with van der Waals surface area (Å²) in [7, 11) is 1.57. The van der Waals surface area contributed by atoms with Crippen LogP contribution < -0.4 is 15.4 Å². The lowest BCUT2D eigenvalue weighted by Crippen LogP contribution is -2.32. The van der Waals surface area contributed by atoms with Crippen molar-refractivity contribution in [1.82, 2.24) is 5.32 Å². The number of carbonyl (C=O) groups excluding carboxylic acids is 2. The van der Waals surface area contributed by atoms with Gasteiger partial charge in [0, 0.05) is 16.9 Å². The van der Waals surface area contributed by atoms with Crippen molar-refractivity contribution in [2.24, 2.45) is 0 Å². The fourth-order valence-corrected chi connectivity index (χ4v) is 3.67. The van der Waals surface area contributed by atoms with E-state index in [0.717, 1.165) is 10.1 Å². The number of anilines is 1. The lowest BCUT2D eigenvalue weighted by Gasteiger charge is -2.13. The summed E-state index contributed by atoms with van der Waals surface area (Å²) in [5, 5.41) is 16.4. The van der Waals surface area contributed by atoms with Crippen molar-refractivity contribution < 1.29 is 24.2 Å². The highest BCUT2D eigenvalue weighted by atomic mass is 32.1. The predicted octanol–water partition coefficient (Wildman–Crippen LogP) is 3.94. The Morgan fingerprint density at radius 2 is 1.90 bits per heavy atom. The number of hydrogen-bond donors (Lipinski definition) is 3. The maximum Gasteiger partial charge on any atom is 0.348 e. The molecule has 0 radical (unpaired) electrons. The Balaban J connectivity index is 1.58. The van der Waals surface area contributed by atoms with Crippen molar-refractivity contribution in [2.45, 2.75) is 13.0 Å². The Hall–Kier alpha value is -3.10. The highest BCUT2D eigenvalue weighted by Gasteiger charge is 2.13. The highest BCUT2D eigenvalue weighted by molar-refractivity contribution is 7.20. The van der Waals surface area contributed by atoms with E-state index in [2.05, 4.69) is 10.6 Å². The molecule has 1 aromatic heterocycles. The van der Waals surface area contributed by atoms with E-state index in [-0.39, 0.29) is 12.5 Å². The molecule has 0 spiro atoms. The molecule has 3 N–H and O–H groups in total. The Bertz CT molecular complexity index is 1000. The van der Waals surface area contributed by atoms with Gasteiger partial charge in [-0.3, -0.25) is 0 Å². The number of ether oxygens (including phenoxy) is 2. The first-order valence-corrected chi connectivity index (χ1v) is 9.89. The van der Waals surface area contributed by atoms with Crippen LogP contribution in [0.25, 0.3) is 10.1 Å². The summed E-state index contributed by atoms with van der Waals surface area (Å²) < 4.78 is 11.0. The standard InChI is InChI=1S/C21H22N2O5S/c1-3-28-20(25)19-11-14-10-15(6-9-18(14)29-19)23-21(26)22-12-17(24)13-4-7-16(27-2)8-5-13/h4-11,17,24H,3,12H2,1-2H3,(H2,22,23,26). The number of amides is 2. The van der Waals surface area contributed by atoms with Gasteiger partial charge in [-0.1, -0.05) is 12.1 Å². The number of urea groups is 1. The van der Waals surface area contributed by atoms with E-state index in [1.165, 1.54) is 11.3 Å². The van der Waals surface area contributed by atoms with Gasteiger partial charge in [-0.25, -0.2) is 9.59 Å². The highest BCUT2D eigenvalue weighted by Crippen LogP contribution is 2.28. The van der Waals surface area contributed by atoms with Gasteiger partial charge in [-0.2, -0.15) is 0 Å². The number of benzene rings is 2. The van der Waals surface area contributed by atoms with Crippen molar-refractivity contribution in [2.75, 3.05) is 25.6 Å². The molecule has 0 saturated carbocycles. The monoisotopic (exact) mass is 414 g/mol. The molecule has 29 heavy (non-hydrogen) atoms. The molecule has 0 bridgehead atoms. The molecule has 2 amide bonds. The van der Waals surface area contributed by atoms with Gasteiger partial charge in [0.1, 0.15) is 10.6 Å². The maximum atomic E-state index is 12.2. The summed E-state index contributed by atoms with van der Waals surface area (Å²) in [6, 6.07) is 13.7. The molecule has 1 heterocycles. The van der Waals surface area contributed by atoms with E-state index in [4.69, 9.17) is 9.47 Å². The van der Waals surface area contributed by atoms with Crippen LogP contribution in [0.15, 0.2) is 48.5 Å². The maximum absolute atomic E-state index is 12.2. The third-order valence-corrected chi connectivity index (χ3v) is 5.30. The molecule has 7 nitrogen and oxygen atoms in total. The number of aliphatic hydroxyl groups is 1. The summed E-state index contributed by atoms with van der Waals surface area (Å²) in [4.78, 5) is 24.5. The minimum atomic E-state index is -0.835. The van der Waals surface area contributed by atoms with Crippen molar-refractivity contribution in [1.29, 1.82) is 0 Å². The first kappa shape index (κ1) is 20.6. The number of nitrogens with one attached hydrogen (secondary N) is 2. The third kappa shape index (κ3) is 5.24. The van der Waals surface area contributed by atoms with Crippen LogP contribution in [0.5, 0.6) is 5.75 Å². The Kier molecular flexibility index (Phi) is 6.69. The lowest BCUT2D eigenvalue weighted by atomic mass is 10.1. The minimum absolute atomic E-state index is 0.0614. The largest absolute Gasteiger partial charge is 0.497 e. The molecule has 1 atom stereocenters. The second-order valence-electron chi connectivity index (χ2n) is 6.21. The van der Waals surface area contributed by atoms with Crippen LogP contribution in [0.3, 0.4) is 0 Å². The number of hydrogen-bond acceptors (Lipinski definition) is 6. The Labute approximate surface area is 172 Å². The number of fused-ring (bicyclic) bond motifs is 1.